The number of ether oxygens (including phenoxy) is 1. The smallest absolute Gasteiger partial charge is 0.141 e. The van der Waals surface area contributed by atoms with E-state index < -0.39 is 0 Å². The summed E-state index contributed by atoms with van der Waals surface area (Å²) in [6.45, 7) is 0. The van der Waals surface area contributed by atoms with Crippen molar-refractivity contribution in [2.24, 2.45) is 0 Å². The Kier molecular flexibility index (Phi) is 2.77. The molecule has 0 aromatic heterocycles. The van der Waals surface area contributed by atoms with Crippen LogP contribution >= 0.6 is 0 Å². The van der Waals surface area contributed by atoms with Crippen molar-refractivity contribution in [1.29, 1.82) is 0 Å². The second-order valence-corrected chi connectivity index (χ2v) is 3.60. The van der Waals surface area contributed by atoms with E-state index in [1.54, 1.807) is 7.11 Å². The van der Waals surface area contributed by atoms with Crippen molar-refractivity contribution >= 4 is 11.3 Å². The standard InChI is InChI=1S/C13H15NO/c1-15-13-8-7-11(9-12(13)14)10-5-3-2-4-6-10/h3,5-9H,2,4,14H2,1H3. The van der Waals surface area contributed by atoms with E-state index in [1.807, 2.05) is 18.2 Å². The van der Waals surface area contributed by atoms with Crippen LogP contribution in [0.3, 0.4) is 0 Å². The average Bonchev–Trinajstić information content (AvgIpc) is 2.30. The van der Waals surface area contributed by atoms with Gasteiger partial charge in [0.05, 0.1) is 12.8 Å². The summed E-state index contributed by atoms with van der Waals surface area (Å²) in [4.78, 5) is 0. The highest BCUT2D eigenvalue weighted by molar-refractivity contribution is 5.77. The van der Waals surface area contributed by atoms with E-state index in [2.05, 4.69) is 18.2 Å². The van der Waals surface area contributed by atoms with Gasteiger partial charge in [-0.2, -0.15) is 0 Å². The lowest BCUT2D eigenvalue weighted by Crippen LogP contribution is -1.94. The van der Waals surface area contributed by atoms with Gasteiger partial charge in [-0.15, -0.1) is 0 Å². The Labute approximate surface area is 90.1 Å². The van der Waals surface area contributed by atoms with Crippen LogP contribution < -0.4 is 10.5 Å². The van der Waals surface area contributed by atoms with Crippen LogP contribution in [0.1, 0.15) is 18.4 Å². The molecule has 1 aromatic carbocycles. The maximum Gasteiger partial charge on any atom is 0.141 e. The monoisotopic (exact) mass is 201 g/mol. The number of hydrogen-bond donors (Lipinski definition) is 1. The first kappa shape index (κ1) is 9.84. The molecule has 0 spiro atoms. The Balaban J connectivity index is 2.33. The summed E-state index contributed by atoms with van der Waals surface area (Å²) in [6.07, 6.45) is 8.81. The Morgan fingerprint density at radius 1 is 1.27 bits per heavy atom. The highest BCUT2D eigenvalue weighted by Crippen LogP contribution is 2.28. The predicted octanol–water partition coefficient (Wildman–Crippen LogP) is 3.01. The number of benzene rings is 1. The van der Waals surface area contributed by atoms with Crippen LogP contribution in [0.15, 0.2) is 36.4 Å². The molecule has 0 saturated carbocycles. The number of nitrogens with two attached hydrogens (primary N) is 1. The van der Waals surface area contributed by atoms with Gasteiger partial charge in [-0.3, -0.25) is 0 Å². The zero-order chi connectivity index (χ0) is 10.7. The molecule has 15 heavy (non-hydrogen) atoms. The van der Waals surface area contributed by atoms with Gasteiger partial charge in [-0.25, -0.2) is 0 Å². The van der Waals surface area contributed by atoms with Crippen molar-refractivity contribution < 1.29 is 4.74 Å². The zero-order valence-electron chi connectivity index (χ0n) is 8.86. The summed E-state index contributed by atoms with van der Waals surface area (Å²) in [7, 11) is 1.63. The maximum absolute atomic E-state index is 5.86. The van der Waals surface area contributed by atoms with E-state index in [-0.39, 0.29) is 0 Å². The summed E-state index contributed by atoms with van der Waals surface area (Å²) in [6, 6.07) is 5.91. The first-order valence-electron chi connectivity index (χ1n) is 5.12. The second kappa shape index (κ2) is 4.22. The molecule has 1 aliphatic carbocycles. The van der Waals surface area contributed by atoms with Crippen LogP contribution in [0.5, 0.6) is 5.75 Å². The van der Waals surface area contributed by atoms with Crippen molar-refractivity contribution in [3.8, 4) is 5.75 Å². The fourth-order valence-electron chi connectivity index (χ4n) is 1.74. The number of hydrogen-bond acceptors (Lipinski definition) is 2. The average molecular weight is 201 g/mol. The fourth-order valence-corrected chi connectivity index (χ4v) is 1.74. The molecule has 0 aliphatic heterocycles. The predicted molar refractivity (Wildman–Crippen MR) is 63.8 cm³/mol. The molecule has 0 fully saturated rings. The topological polar surface area (TPSA) is 35.2 Å². The molecule has 78 valence electrons. The van der Waals surface area contributed by atoms with E-state index in [4.69, 9.17) is 10.5 Å². The van der Waals surface area contributed by atoms with Crippen LogP contribution in [-0.4, -0.2) is 7.11 Å². The number of anilines is 1. The molecule has 0 radical (unpaired) electrons. The number of methoxy groups -OCH3 is 1. The lowest BCUT2D eigenvalue weighted by Gasteiger charge is -2.10. The van der Waals surface area contributed by atoms with Crippen molar-refractivity contribution in [2.45, 2.75) is 12.8 Å². The highest BCUT2D eigenvalue weighted by Gasteiger charge is 2.04. The minimum Gasteiger partial charge on any atom is -0.495 e. The van der Waals surface area contributed by atoms with Crippen LogP contribution in [0, 0.1) is 0 Å². The number of rotatable bonds is 2. The molecule has 1 aromatic rings. The SMILES string of the molecule is COc1ccc(C2=CCCC=C2)cc1N. The first-order chi connectivity index (χ1) is 7.31. The molecule has 2 N–H and O–H groups in total. The van der Waals surface area contributed by atoms with Gasteiger partial charge in [-0.05, 0) is 36.1 Å². The van der Waals surface area contributed by atoms with Crippen molar-refractivity contribution in [3.05, 3.63) is 42.0 Å². The number of allylic oxidation sites excluding steroid dienone is 4. The molecular formula is C13H15NO. The Morgan fingerprint density at radius 2 is 2.13 bits per heavy atom. The minimum atomic E-state index is 0.690. The van der Waals surface area contributed by atoms with E-state index >= 15 is 0 Å². The van der Waals surface area contributed by atoms with Gasteiger partial charge in [0.2, 0.25) is 0 Å². The lowest BCUT2D eigenvalue weighted by atomic mass is 9.99. The second-order valence-electron chi connectivity index (χ2n) is 3.60. The molecular weight excluding hydrogens is 186 g/mol. The van der Waals surface area contributed by atoms with Crippen molar-refractivity contribution in [3.63, 3.8) is 0 Å². The van der Waals surface area contributed by atoms with Gasteiger partial charge in [0.25, 0.3) is 0 Å². The molecule has 0 heterocycles. The fraction of sp³-hybridized carbons (Fsp3) is 0.231. The zero-order valence-corrected chi connectivity index (χ0v) is 8.86. The van der Waals surface area contributed by atoms with Crippen molar-refractivity contribution in [1.82, 2.24) is 0 Å². The van der Waals surface area contributed by atoms with Crippen molar-refractivity contribution in [2.75, 3.05) is 12.8 Å². The summed E-state index contributed by atoms with van der Waals surface area (Å²) >= 11 is 0. The van der Waals surface area contributed by atoms with Gasteiger partial charge >= 0.3 is 0 Å². The van der Waals surface area contributed by atoms with Gasteiger partial charge in [0, 0.05) is 0 Å². The Bertz CT molecular complexity index is 419. The number of nitrogen functional groups attached to an aromatic ring is 1. The largest absolute Gasteiger partial charge is 0.495 e. The molecule has 0 atom stereocenters. The van der Waals surface area contributed by atoms with Crippen LogP contribution in [0.4, 0.5) is 5.69 Å². The summed E-state index contributed by atoms with van der Waals surface area (Å²) < 4.78 is 5.12. The highest BCUT2D eigenvalue weighted by atomic mass is 16.5. The molecule has 0 saturated heterocycles. The van der Waals surface area contributed by atoms with Crippen LogP contribution in [-0.2, 0) is 0 Å². The molecule has 0 amide bonds. The third kappa shape index (κ3) is 2.04. The summed E-state index contributed by atoms with van der Waals surface area (Å²) in [5, 5.41) is 0. The summed E-state index contributed by atoms with van der Waals surface area (Å²) in [5.74, 6) is 0.735. The van der Waals surface area contributed by atoms with Gasteiger partial charge in [0.1, 0.15) is 5.75 Å². The first-order valence-corrected chi connectivity index (χ1v) is 5.12. The maximum atomic E-state index is 5.86. The molecule has 1 aliphatic rings. The normalized spacial score (nSPS) is 14.9. The minimum absolute atomic E-state index is 0.690. The quantitative estimate of drug-likeness (QED) is 0.746. The van der Waals surface area contributed by atoms with E-state index in [9.17, 15) is 0 Å². The molecule has 2 nitrogen and oxygen atoms in total. The molecule has 2 heteroatoms. The van der Waals surface area contributed by atoms with Gasteiger partial charge in [0.15, 0.2) is 0 Å². The molecule has 2 rings (SSSR count). The van der Waals surface area contributed by atoms with E-state index in [1.165, 1.54) is 5.57 Å². The summed E-state index contributed by atoms with van der Waals surface area (Å²) in [5.41, 5.74) is 8.95. The third-order valence-corrected chi connectivity index (χ3v) is 2.56. The third-order valence-electron chi connectivity index (χ3n) is 2.56. The Hall–Kier alpha value is -1.70. The lowest BCUT2D eigenvalue weighted by molar-refractivity contribution is 0.417. The van der Waals surface area contributed by atoms with E-state index in [0.717, 1.165) is 24.2 Å². The van der Waals surface area contributed by atoms with Crippen LogP contribution in [0.2, 0.25) is 0 Å². The molecule has 0 bridgehead atoms. The van der Waals surface area contributed by atoms with E-state index in [0.29, 0.717) is 5.69 Å². The van der Waals surface area contributed by atoms with Gasteiger partial charge < -0.3 is 10.5 Å². The molecule has 0 unspecified atom stereocenters. The van der Waals surface area contributed by atoms with Gasteiger partial charge in [-0.1, -0.05) is 24.3 Å². The van der Waals surface area contributed by atoms with Crippen LogP contribution in [0.25, 0.3) is 5.57 Å². The Morgan fingerprint density at radius 3 is 2.73 bits per heavy atom.